The van der Waals surface area contributed by atoms with E-state index in [0.717, 1.165) is 42.5 Å². The highest BCUT2D eigenvalue weighted by atomic mass is 16.5. The van der Waals surface area contributed by atoms with E-state index < -0.39 is 0 Å². The summed E-state index contributed by atoms with van der Waals surface area (Å²) in [6, 6.07) is 9.81. The molecule has 2 amide bonds. The lowest BCUT2D eigenvalue weighted by Crippen LogP contribution is -2.71. The van der Waals surface area contributed by atoms with Gasteiger partial charge in [0.15, 0.2) is 0 Å². The van der Waals surface area contributed by atoms with Crippen LogP contribution in [0.5, 0.6) is 5.75 Å². The number of hydrogen-bond acceptors (Lipinski definition) is 6. The van der Waals surface area contributed by atoms with Gasteiger partial charge in [0.05, 0.1) is 25.1 Å². The topological polar surface area (TPSA) is 78.9 Å². The van der Waals surface area contributed by atoms with E-state index in [4.69, 9.17) is 4.74 Å². The van der Waals surface area contributed by atoms with Crippen LogP contribution < -0.4 is 14.5 Å². The van der Waals surface area contributed by atoms with E-state index in [1.165, 1.54) is 0 Å². The average Bonchev–Trinajstić information content (AvgIpc) is 3.15. The van der Waals surface area contributed by atoms with Crippen molar-refractivity contribution in [3.05, 3.63) is 41.9 Å². The summed E-state index contributed by atoms with van der Waals surface area (Å²) in [5.74, 6) is 2.21. The fourth-order valence-corrected chi connectivity index (χ4v) is 5.13. The smallest absolute Gasteiger partial charge is 0.228 e. The van der Waals surface area contributed by atoms with Gasteiger partial charge < -0.3 is 19.4 Å². The average molecular weight is 422 g/mol. The number of amides is 2. The second-order valence-electron chi connectivity index (χ2n) is 8.72. The number of benzene rings is 1. The molecular weight excluding hydrogens is 394 g/mol. The first-order chi connectivity index (χ1) is 14.9. The molecule has 2 aromatic rings. The van der Waals surface area contributed by atoms with Crippen LogP contribution >= 0.6 is 0 Å². The van der Waals surface area contributed by atoms with Gasteiger partial charge in [0.1, 0.15) is 17.4 Å². The number of aryl methyl sites for hydroxylation is 2. The van der Waals surface area contributed by atoms with E-state index in [-0.39, 0.29) is 36.2 Å². The van der Waals surface area contributed by atoms with Crippen molar-refractivity contribution in [1.82, 2.24) is 14.9 Å². The van der Waals surface area contributed by atoms with Crippen LogP contribution in [0.15, 0.2) is 30.3 Å². The van der Waals surface area contributed by atoms with Crippen molar-refractivity contribution in [3.63, 3.8) is 0 Å². The van der Waals surface area contributed by atoms with Crippen LogP contribution in [0.1, 0.15) is 24.4 Å². The number of aromatic nitrogens is 2. The molecule has 2 bridgehead atoms. The zero-order valence-corrected chi connectivity index (χ0v) is 18.1. The maximum atomic E-state index is 13.3. The molecule has 5 heterocycles. The van der Waals surface area contributed by atoms with E-state index in [0.29, 0.717) is 12.3 Å². The fraction of sp³-hybridized carbons (Fsp3) is 0.478. The molecule has 6 rings (SSSR count). The van der Waals surface area contributed by atoms with Crippen molar-refractivity contribution in [2.45, 2.75) is 38.8 Å². The third-order valence-corrected chi connectivity index (χ3v) is 6.56. The minimum atomic E-state index is -0.293. The molecule has 31 heavy (non-hydrogen) atoms. The van der Waals surface area contributed by atoms with Crippen molar-refractivity contribution < 1.29 is 14.3 Å². The number of ether oxygens (including phenoxy) is 1. The Bertz CT molecular complexity index is 1010. The molecule has 0 saturated carbocycles. The number of carbonyl (C=O) groups is 2. The van der Waals surface area contributed by atoms with Crippen molar-refractivity contribution in [3.8, 4) is 5.75 Å². The van der Waals surface area contributed by atoms with Gasteiger partial charge in [-0.05, 0) is 32.4 Å². The number of nitrogens with zero attached hydrogens (tertiary/aromatic N) is 5. The fourth-order valence-electron chi connectivity index (χ4n) is 5.13. The molecule has 1 aromatic carbocycles. The number of piperidine rings is 1. The van der Waals surface area contributed by atoms with E-state index in [9.17, 15) is 9.59 Å². The van der Waals surface area contributed by atoms with Crippen LogP contribution in [-0.4, -0.2) is 65.5 Å². The summed E-state index contributed by atoms with van der Waals surface area (Å²) in [6.45, 7) is 5.86. The SMILES string of the molecule is COc1cccc(N2CC(C(=O)N3C4CC3CN(c3cc(C)nc(C)n3)C4)CC2=O)c1. The molecule has 4 aliphatic rings. The molecule has 4 aliphatic heterocycles. The zero-order chi connectivity index (χ0) is 21.7. The van der Waals surface area contributed by atoms with Gasteiger partial charge in [0.25, 0.3) is 0 Å². The Hall–Kier alpha value is -3.16. The molecule has 8 nitrogen and oxygen atoms in total. The number of fused-ring (bicyclic) bond motifs is 2. The number of piperazine rings is 1. The van der Waals surface area contributed by atoms with Crippen LogP contribution in [0.2, 0.25) is 0 Å². The van der Waals surface area contributed by atoms with E-state index >= 15 is 0 Å². The van der Waals surface area contributed by atoms with Crippen LogP contribution in [0.4, 0.5) is 11.5 Å². The Labute approximate surface area is 181 Å². The first-order valence-electron chi connectivity index (χ1n) is 10.8. The van der Waals surface area contributed by atoms with E-state index in [1.54, 1.807) is 12.0 Å². The summed E-state index contributed by atoms with van der Waals surface area (Å²) < 4.78 is 5.27. The Morgan fingerprint density at radius 1 is 1.10 bits per heavy atom. The zero-order valence-electron chi connectivity index (χ0n) is 18.1. The van der Waals surface area contributed by atoms with Gasteiger partial charge in [0.2, 0.25) is 11.8 Å². The predicted octanol–water partition coefficient (Wildman–Crippen LogP) is 1.94. The lowest BCUT2D eigenvalue weighted by molar-refractivity contribution is -0.150. The molecule has 162 valence electrons. The van der Waals surface area contributed by atoms with Crippen LogP contribution in [0.25, 0.3) is 0 Å². The molecule has 0 N–H and O–H groups in total. The quantitative estimate of drug-likeness (QED) is 0.751. The van der Waals surface area contributed by atoms with Crippen LogP contribution in [0.3, 0.4) is 0 Å². The lowest BCUT2D eigenvalue weighted by Gasteiger charge is -2.57. The molecule has 3 atom stereocenters. The first kappa shape index (κ1) is 19.8. The Morgan fingerprint density at radius 3 is 2.58 bits per heavy atom. The Balaban J connectivity index is 1.26. The predicted molar refractivity (Wildman–Crippen MR) is 116 cm³/mol. The van der Waals surface area contributed by atoms with Crippen molar-refractivity contribution in [2.24, 2.45) is 5.92 Å². The maximum absolute atomic E-state index is 13.3. The van der Waals surface area contributed by atoms with Gasteiger partial charge in [-0.2, -0.15) is 0 Å². The first-order valence-corrected chi connectivity index (χ1v) is 10.8. The monoisotopic (exact) mass is 421 g/mol. The largest absolute Gasteiger partial charge is 0.497 e. The van der Waals surface area contributed by atoms with Gasteiger partial charge in [0, 0.05) is 49.6 Å². The van der Waals surface area contributed by atoms with Crippen molar-refractivity contribution in [2.75, 3.05) is 36.5 Å². The van der Waals surface area contributed by atoms with Crippen LogP contribution in [0, 0.1) is 19.8 Å². The molecule has 1 aromatic heterocycles. The van der Waals surface area contributed by atoms with Gasteiger partial charge in [-0.1, -0.05) is 6.07 Å². The normalized spacial score (nSPS) is 24.9. The second-order valence-corrected chi connectivity index (χ2v) is 8.72. The molecule has 8 heteroatoms. The molecule has 0 aliphatic carbocycles. The Kier molecular flexibility index (Phi) is 4.79. The van der Waals surface area contributed by atoms with E-state index in [2.05, 4.69) is 14.9 Å². The van der Waals surface area contributed by atoms with Crippen molar-refractivity contribution >= 4 is 23.3 Å². The molecule has 0 radical (unpaired) electrons. The number of methoxy groups -OCH3 is 1. The maximum Gasteiger partial charge on any atom is 0.228 e. The number of rotatable bonds is 4. The van der Waals surface area contributed by atoms with Gasteiger partial charge in [-0.15, -0.1) is 0 Å². The number of anilines is 2. The lowest BCUT2D eigenvalue weighted by atomic mass is 9.85. The van der Waals surface area contributed by atoms with Gasteiger partial charge in [-0.3, -0.25) is 9.59 Å². The molecule has 4 saturated heterocycles. The highest BCUT2D eigenvalue weighted by Crippen LogP contribution is 2.37. The summed E-state index contributed by atoms with van der Waals surface area (Å²) in [6.07, 6.45) is 1.28. The highest BCUT2D eigenvalue weighted by Gasteiger charge is 2.50. The summed E-state index contributed by atoms with van der Waals surface area (Å²) >= 11 is 0. The second kappa shape index (κ2) is 7.51. The number of hydrogen-bond donors (Lipinski definition) is 0. The standard InChI is InChI=1S/C23H27N5O3/c1-14-7-21(25-15(2)24-14)26-12-18-9-19(13-26)28(18)23(30)16-8-22(29)27(11-16)17-5-4-6-20(10-17)31-3/h4-7,10,16,18-19H,8-9,11-13H2,1-3H3. The van der Waals surface area contributed by atoms with Gasteiger partial charge in [-0.25, -0.2) is 9.97 Å². The summed E-state index contributed by atoms with van der Waals surface area (Å²) in [5.41, 5.74) is 1.74. The van der Waals surface area contributed by atoms with Gasteiger partial charge >= 0.3 is 0 Å². The number of carbonyl (C=O) groups excluding carboxylic acids is 2. The molecule has 4 fully saturated rings. The third-order valence-electron chi connectivity index (χ3n) is 6.56. The summed E-state index contributed by atoms with van der Waals surface area (Å²) in [4.78, 5) is 40.9. The van der Waals surface area contributed by atoms with Crippen molar-refractivity contribution in [1.29, 1.82) is 0 Å². The molecular formula is C23H27N5O3. The summed E-state index contributed by atoms with van der Waals surface area (Å²) in [5, 5.41) is 0. The molecule has 3 unspecified atom stereocenters. The minimum absolute atomic E-state index is 0.00847. The van der Waals surface area contributed by atoms with Crippen LogP contribution in [-0.2, 0) is 9.59 Å². The summed E-state index contributed by atoms with van der Waals surface area (Å²) in [7, 11) is 1.60. The molecule has 0 spiro atoms. The minimum Gasteiger partial charge on any atom is -0.497 e. The van der Waals surface area contributed by atoms with E-state index in [1.807, 2.05) is 49.1 Å². The Morgan fingerprint density at radius 2 is 1.87 bits per heavy atom. The third kappa shape index (κ3) is 3.49. The highest BCUT2D eigenvalue weighted by molar-refractivity contribution is 6.00.